The minimum Gasteiger partial charge on any atom is -0.311 e. The van der Waals surface area contributed by atoms with Gasteiger partial charge in [0, 0.05) is 19.0 Å². The Morgan fingerprint density at radius 2 is 1.65 bits per heavy atom. The molecule has 0 unspecified atom stereocenters. The molecule has 1 aromatic heterocycles. The molecular formula is C22H24F2N4O2S. The van der Waals surface area contributed by atoms with Gasteiger partial charge in [-0.15, -0.1) is 10.2 Å². The van der Waals surface area contributed by atoms with Gasteiger partial charge in [-0.25, -0.2) is 17.2 Å². The van der Waals surface area contributed by atoms with Crippen LogP contribution in [0, 0.1) is 32.4 Å². The first kappa shape index (κ1) is 21.4. The molecule has 1 aliphatic heterocycles. The first-order valence-electron chi connectivity index (χ1n) is 10.2. The van der Waals surface area contributed by atoms with Crippen molar-refractivity contribution in [1.82, 2.24) is 14.8 Å². The molecule has 0 fully saturated rings. The molecule has 0 saturated heterocycles. The second-order valence-corrected chi connectivity index (χ2v) is 9.67. The van der Waals surface area contributed by atoms with Crippen LogP contribution in [-0.2, 0) is 23.0 Å². The molecule has 164 valence electrons. The molecular weight excluding hydrogens is 422 g/mol. The summed E-state index contributed by atoms with van der Waals surface area (Å²) in [7, 11) is -4.09. The molecule has 2 aromatic carbocycles. The van der Waals surface area contributed by atoms with Crippen LogP contribution < -0.4 is 4.72 Å². The Morgan fingerprint density at radius 1 is 0.935 bits per heavy atom. The molecule has 0 atom stereocenters. The first-order valence-corrected chi connectivity index (χ1v) is 11.7. The Balaban J connectivity index is 1.77. The van der Waals surface area contributed by atoms with E-state index < -0.39 is 21.7 Å². The van der Waals surface area contributed by atoms with Gasteiger partial charge in [0.15, 0.2) is 5.82 Å². The number of nitrogens with one attached hydrogen (secondary N) is 1. The van der Waals surface area contributed by atoms with Crippen LogP contribution in [0.15, 0.2) is 29.2 Å². The van der Waals surface area contributed by atoms with Crippen molar-refractivity contribution in [3.8, 4) is 11.4 Å². The van der Waals surface area contributed by atoms with Gasteiger partial charge in [0.2, 0.25) is 0 Å². The van der Waals surface area contributed by atoms with Gasteiger partial charge < -0.3 is 4.57 Å². The number of hydrogen-bond acceptors (Lipinski definition) is 4. The number of sulfonamides is 1. The lowest BCUT2D eigenvalue weighted by molar-refractivity contribution is 0.581. The molecule has 0 radical (unpaired) electrons. The van der Waals surface area contributed by atoms with Crippen molar-refractivity contribution in [3.05, 3.63) is 58.4 Å². The summed E-state index contributed by atoms with van der Waals surface area (Å²) < 4.78 is 59.5. The van der Waals surface area contributed by atoms with Gasteiger partial charge in [0.25, 0.3) is 10.0 Å². The van der Waals surface area contributed by atoms with Crippen molar-refractivity contribution < 1.29 is 17.2 Å². The predicted octanol–water partition coefficient (Wildman–Crippen LogP) is 4.68. The van der Waals surface area contributed by atoms with Gasteiger partial charge in [-0.2, -0.15) is 0 Å². The van der Waals surface area contributed by atoms with Crippen molar-refractivity contribution in [2.45, 2.75) is 57.9 Å². The van der Waals surface area contributed by atoms with E-state index in [2.05, 4.69) is 14.9 Å². The van der Waals surface area contributed by atoms with Crippen LogP contribution >= 0.6 is 0 Å². The molecule has 9 heteroatoms. The molecule has 0 spiro atoms. The average Bonchev–Trinajstić information content (AvgIpc) is 2.90. The van der Waals surface area contributed by atoms with Gasteiger partial charge in [-0.1, -0.05) is 24.1 Å². The van der Waals surface area contributed by atoms with E-state index in [1.807, 2.05) is 11.5 Å². The lowest BCUT2D eigenvalue weighted by Crippen LogP contribution is -2.17. The van der Waals surface area contributed by atoms with Crippen molar-refractivity contribution >= 4 is 15.7 Å². The van der Waals surface area contributed by atoms with Gasteiger partial charge in [0.1, 0.15) is 17.5 Å². The third kappa shape index (κ3) is 4.06. The highest BCUT2D eigenvalue weighted by molar-refractivity contribution is 7.92. The summed E-state index contributed by atoms with van der Waals surface area (Å²) in [5, 5.41) is 8.26. The van der Waals surface area contributed by atoms with Crippen LogP contribution in [0.3, 0.4) is 0 Å². The number of benzene rings is 2. The van der Waals surface area contributed by atoms with E-state index in [9.17, 15) is 17.2 Å². The largest absolute Gasteiger partial charge is 0.311 e. The minimum atomic E-state index is -4.09. The molecule has 2 heterocycles. The van der Waals surface area contributed by atoms with E-state index in [0.29, 0.717) is 23.7 Å². The van der Waals surface area contributed by atoms with E-state index in [1.165, 1.54) is 0 Å². The number of aromatic nitrogens is 3. The summed E-state index contributed by atoms with van der Waals surface area (Å²) in [6.45, 7) is 5.88. The molecule has 31 heavy (non-hydrogen) atoms. The van der Waals surface area contributed by atoms with Crippen LogP contribution in [0.4, 0.5) is 14.5 Å². The zero-order valence-electron chi connectivity index (χ0n) is 17.7. The average molecular weight is 447 g/mol. The Morgan fingerprint density at radius 3 is 2.35 bits per heavy atom. The number of aryl methyl sites for hydroxylation is 4. The van der Waals surface area contributed by atoms with Gasteiger partial charge in [-0.05, 0) is 50.8 Å². The maximum absolute atomic E-state index is 14.7. The summed E-state index contributed by atoms with van der Waals surface area (Å²) in [5.41, 5.74) is 1.71. The Kier molecular flexibility index (Phi) is 5.55. The SMILES string of the molecule is Cc1cc(C)c(S(=O)(=O)Nc2cc(-c3nnc4n3CCCCC4)c(F)cc2F)c(C)c1. The summed E-state index contributed by atoms with van der Waals surface area (Å²) in [6.07, 6.45) is 3.66. The highest BCUT2D eigenvalue weighted by Gasteiger charge is 2.25. The topological polar surface area (TPSA) is 76.9 Å². The molecule has 1 N–H and O–H groups in total. The third-order valence-electron chi connectivity index (χ3n) is 5.52. The zero-order chi connectivity index (χ0) is 22.3. The first-order chi connectivity index (χ1) is 14.7. The lowest BCUT2D eigenvalue weighted by Gasteiger charge is -2.15. The van der Waals surface area contributed by atoms with Gasteiger partial charge in [0.05, 0.1) is 16.1 Å². The standard InChI is InChI=1S/C22H24F2N4O2S/c1-13-9-14(2)21(15(3)10-13)31(29,30)27-19-11-16(17(23)12-18(19)24)22-26-25-20-7-5-4-6-8-28(20)22/h9-12,27H,4-8H2,1-3H3. The minimum absolute atomic E-state index is 0.0112. The van der Waals surface area contributed by atoms with Crippen molar-refractivity contribution in [2.24, 2.45) is 0 Å². The quantitative estimate of drug-likeness (QED) is 0.632. The molecule has 0 bridgehead atoms. The van der Waals surface area contributed by atoms with E-state index in [-0.39, 0.29) is 22.0 Å². The van der Waals surface area contributed by atoms with E-state index >= 15 is 0 Å². The predicted molar refractivity (Wildman–Crippen MR) is 114 cm³/mol. The highest BCUT2D eigenvalue weighted by Crippen LogP contribution is 2.31. The number of nitrogens with zero attached hydrogens (tertiary/aromatic N) is 3. The van der Waals surface area contributed by atoms with Crippen LogP contribution in [-0.4, -0.2) is 23.2 Å². The fraction of sp³-hybridized carbons (Fsp3) is 0.364. The second-order valence-electron chi connectivity index (χ2n) is 8.05. The highest BCUT2D eigenvalue weighted by atomic mass is 32.2. The fourth-order valence-electron chi connectivity index (χ4n) is 4.27. The van der Waals surface area contributed by atoms with Crippen molar-refractivity contribution in [1.29, 1.82) is 0 Å². The lowest BCUT2D eigenvalue weighted by atomic mass is 10.1. The van der Waals surface area contributed by atoms with E-state index in [1.54, 1.807) is 26.0 Å². The molecule has 0 amide bonds. The van der Waals surface area contributed by atoms with Gasteiger partial charge >= 0.3 is 0 Å². The van der Waals surface area contributed by atoms with E-state index in [4.69, 9.17) is 0 Å². The van der Waals surface area contributed by atoms with Crippen LogP contribution in [0.5, 0.6) is 0 Å². The van der Waals surface area contributed by atoms with Crippen LogP contribution in [0.2, 0.25) is 0 Å². The number of hydrogen-bond donors (Lipinski definition) is 1. The molecule has 4 rings (SSSR count). The number of halogens is 2. The van der Waals surface area contributed by atoms with Crippen molar-refractivity contribution in [3.63, 3.8) is 0 Å². The second kappa shape index (κ2) is 8.03. The smallest absolute Gasteiger partial charge is 0.262 e. The number of anilines is 1. The summed E-state index contributed by atoms with van der Waals surface area (Å²) in [4.78, 5) is 0.0831. The number of fused-ring (bicyclic) bond motifs is 1. The monoisotopic (exact) mass is 446 g/mol. The summed E-state index contributed by atoms with van der Waals surface area (Å²) >= 11 is 0. The normalized spacial score (nSPS) is 14.2. The third-order valence-corrected chi connectivity index (χ3v) is 7.19. The maximum Gasteiger partial charge on any atom is 0.262 e. The molecule has 0 aliphatic carbocycles. The summed E-state index contributed by atoms with van der Waals surface area (Å²) in [5.74, 6) is -0.785. The van der Waals surface area contributed by atoms with Gasteiger partial charge in [-0.3, -0.25) is 4.72 Å². The summed E-state index contributed by atoms with van der Waals surface area (Å²) in [6, 6.07) is 5.34. The fourth-order valence-corrected chi connectivity index (χ4v) is 5.78. The maximum atomic E-state index is 14.7. The number of rotatable bonds is 4. The zero-order valence-corrected chi connectivity index (χ0v) is 18.5. The van der Waals surface area contributed by atoms with Crippen LogP contribution in [0.1, 0.15) is 41.8 Å². The Bertz CT molecular complexity index is 1250. The van der Waals surface area contributed by atoms with Crippen LogP contribution in [0.25, 0.3) is 11.4 Å². The van der Waals surface area contributed by atoms with E-state index in [0.717, 1.165) is 43.1 Å². The Labute approximate surface area is 180 Å². The molecule has 3 aromatic rings. The Hall–Kier alpha value is -2.81. The molecule has 0 saturated carbocycles. The molecule has 6 nitrogen and oxygen atoms in total. The van der Waals surface area contributed by atoms with Crippen molar-refractivity contribution in [2.75, 3.05) is 4.72 Å². The molecule has 1 aliphatic rings.